The van der Waals surface area contributed by atoms with E-state index in [1.165, 1.54) is 17.2 Å². The Labute approximate surface area is 275 Å². The van der Waals surface area contributed by atoms with Crippen molar-refractivity contribution in [2.75, 3.05) is 44.0 Å². The molecule has 0 radical (unpaired) electrons. The van der Waals surface area contributed by atoms with E-state index in [2.05, 4.69) is 31.1 Å². The number of carbonyl (C=O) groups excluding carboxylic acids is 3. The number of nitrogens with two attached hydrogens (primary N) is 1. The first-order valence-corrected chi connectivity index (χ1v) is 16.2. The average Bonchev–Trinajstić information content (AvgIpc) is 3.68. The number of nitro benzene ring substituents is 1. The molecule has 5 rings (SSSR count). The Morgan fingerprint density at radius 1 is 1.11 bits per heavy atom. The van der Waals surface area contributed by atoms with E-state index in [9.17, 15) is 24.5 Å². The van der Waals surface area contributed by atoms with Crippen LogP contribution in [0.1, 0.15) is 60.2 Å². The fraction of sp³-hybridized carbons (Fsp3) is 0.548. The first-order valence-electron chi connectivity index (χ1n) is 15.4. The molecule has 0 spiro atoms. The van der Waals surface area contributed by atoms with Gasteiger partial charge in [-0.15, -0.1) is 0 Å². The maximum absolute atomic E-state index is 13.8. The summed E-state index contributed by atoms with van der Waals surface area (Å²) in [5.41, 5.74) is 6.62. The van der Waals surface area contributed by atoms with Crippen molar-refractivity contribution >= 4 is 50.7 Å². The minimum absolute atomic E-state index is 0.0173. The number of nitrogens with zero attached hydrogens (tertiary/aromatic N) is 5. The van der Waals surface area contributed by atoms with Crippen LogP contribution in [-0.4, -0.2) is 108 Å². The summed E-state index contributed by atoms with van der Waals surface area (Å²) in [6.45, 7) is 4.41. The number of anilines is 2. The Morgan fingerprint density at radius 3 is 2.46 bits per heavy atom. The third kappa shape index (κ3) is 7.10. The molecule has 2 aliphatic heterocycles. The van der Waals surface area contributed by atoms with Gasteiger partial charge in [-0.2, -0.15) is 0 Å². The number of rotatable bonds is 9. The lowest BCUT2D eigenvalue weighted by Crippen LogP contribution is -2.48. The molecular weight excluding hydrogens is 662 g/mol. The van der Waals surface area contributed by atoms with Crippen LogP contribution in [0.2, 0.25) is 0 Å². The molecule has 6 atom stereocenters. The Morgan fingerprint density at radius 2 is 1.83 bits per heavy atom. The minimum atomic E-state index is -0.974. The topological polar surface area (TPSA) is 173 Å². The summed E-state index contributed by atoms with van der Waals surface area (Å²) >= 11 is 3.31. The molecule has 15 heteroatoms. The number of morpholine rings is 1. The van der Waals surface area contributed by atoms with E-state index in [1.54, 1.807) is 30.3 Å². The van der Waals surface area contributed by atoms with Crippen molar-refractivity contribution in [3.63, 3.8) is 0 Å². The lowest BCUT2D eigenvalue weighted by molar-refractivity contribution is -0.384. The summed E-state index contributed by atoms with van der Waals surface area (Å²) in [6, 6.07) is 3.25. The first kappa shape index (κ1) is 33.5. The molecule has 3 amide bonds. The van der Waals surface area contributed by atoms with Gasteiger partial charge in [0.2, 0.25) is 5.91 Å². The number of benzene rings is 1. The Bertz CT molecular complexity index is 1500. The zero-order valence-corrected chi connectivity index (χ0v) is 27.9. The number of carbonyl (C=O) groups is 3. The molecule has 3 fully saturated rings. The molecule has 14 nitrogen and oxygen atoms in total. The predicted molar refractivity (Wildman–Crippen MR) is 174 cm³/mol. The van der Waals surface area contributed by atoms with Crippen LogP contribution in [-0.2, 0) is 14.3 Å². The number of methoxy groups -OCH3 is 1. The van der Waals surface area contributed by atoms with Gasteiger partial charge >= 0.3 is 0 Å². The number of hydrogen-bond donors (Lipinski definition) is 2. The molecule has 3 N–H and O–H groups in total. The van der Waals surface area contributed by atoms with Crippen LogP contribution in [0.5, 0.6) is 0 Å². The normalized spacial score (nSPS) is 26.2. The number of nitro groups is 1. The van der Waals surface area contributed by atoms with Gasteiger partial charge in [0.1, 0.15) is 11.7 Å². The number of hydrogen-bond acceptors (Lipinski definition) is 10. The summed E-state index contributed by atoms with van der Waals surface area (Å²) in [7, 11) is 3.66. The van der Waals surface area contributed by atoms with Gasteiger partial charge in [-0.3, -0.25) is 29.5 Å². The molecular formula is C31H40BrN7O7. The Balaban J connectivity index is 1.40. The predicted octanol–water partition coefficient (Wildman–Crippen LogP) is 3.19. The maximum atomic E-state index is 13.8. The largest absolute Gasteiger partial charge is 0.381 e. The lowest BCUT2D eigenvalue weighted by Gasteiger charge is -2.35. The Kier molecular flexibility index (Phi) is 10.1. The monoisotopic (exact) mass is 701 g/mol. The highest BCUT2D eigenvalue weighted by atomic mass is 79.9. The molecule has 248 valence electrons. The highest BCUT2D eigenvalue weighted by Gasteiger charge is 2.41. The van der Waals surface area contributed by atoms with Crippen LogP contribution in [0.3, 0.4) is 0 Å². The molecule has 2 aromatic rings. The van der Waals surface area contributed by atoms with Crippen molar-refractivity contribution in [2.24, 2.45) is 5.73 Å². The second kappa shape index (κ2) is 13.9. The van der Waals surface area contributed by atoms with Gasteiger partial charge in [0.15, 0.2) is 0 Å². The molecule has 3 aliphatic rings. The van der Waals surface area contributed by atoms with Gasteiger partial charge in [0, 0.05) is 62.6 Å². The number of aromatic nitrogens is 1. The molecule has 1 saturated carbocycles. The van der Waals surface area contributed by atoms with Crippen molar-refractivity contribution < 1.29 is 28.8 Å². The fourth-order valence-electron chi connectivity index (χ4n) is 6.81. The fourth-order valence-corrected chi connectivity index (χ4v) is 7.25. The van der Waals surface area contributed by atoms with Gasteiger partial charge in [0.25, 0.3) is 17.5 Å². The van der Waals surface area contributed by atoms with E-state index in [1.807, 2.05) is 20.9 Å². The van der Waals surface area contributed by atoms with Crippen molar-refractivity contribution in [1.82, 2.24) is 14.8 Å². The number of pyridine rings is 1. The van der Waals surface area contributed by atoms with Crippen molar-refractivity contribution in [3.8, 4) is 0 Å². The summed E-state index contributed by atoms with van der Waals surface area (Å²) in [4.78, 5) is 61.2. The number of amides is 3. The van der Waals surface area contributed by atoms with Crippen LogP contribution in [0.15, 0.2) is 35.1 Å². The van der Waals surface area contributed by atoms with Crippen LogP contribution >= 0.6 is 15.9 Å². The average molecular weight is 703 g/mol. The van der Waals surface area contributed by atoms with E-state index in [-0.39, 0.29) is 54.3 Å². The summed E-state index contributed by atoms with van der Waals surface area (Å²) in [6.07, 6.45) is 5.79. The van der Waals surface area contributed by atoms with Crippen molar-refractivity contribution in [3.05, 3.63) is 56.3 Å². The molecule has 46 heavy (non-hydrogen) atoms. The zero-order valence-electron chi connectivity index (χ0n) is 26.3. The summed E-state index contributed by atoms with van der Waals surface area (Å²) < 4.78 is 11.6. The molecule has 1 aliphatic carbocycles. The molecule has 4 unspecified atom stereocenters. The number of primary amides is 1. The van der Waals surface area contributed by atoms with Gasteiger partial charge in [-0.1, -0.05) is 15.9 Å². The smallest absolute Gasteiger partial charge is 0.294 e. The van der Waals surface area contributed by atoms with E-state index in [0.717, 1.165) is 24.9 Å². The maximum Gasteiger partial charge on any atom is 0.294 e. The lowest BCUT2D eigenvalue weighted by atomic mass is 10.1. The highest BCUT2D eigenvalue weighted by Crippen LogP contribution is 2.36. The second-order valence-corrected chi connectivity index (χ2v) is 13.3. The third-order valence-corrected chi connectivity index (χ3v) is 9.53. The van der Waals surface area contributed by atoms with Crippen LogP contribution in [0.25, 0.3) is 0 Å². The van der Waals surface area contributed by atoms with Crippen LogP contribution in [0.4, 0.5) is 17.1 Å². The molecule has 1 aromatic carbocycles. The standard InChI is InChI=1S/C31H40BrN7O7/c1-17-14-37(15-18(2)46-17)31(42)25-8-20(32)9-26(39(43)44)28(25)35-21-10-27(29(33)40)38(16-21)30(41)19-7-23(13-34-12-19)36(3)22-5-6-24(11-22)45-4/h7-9,12-13,17-18,21-22,24,27,35H,5-6,10-11,14-16H2,1-4H3,(H2,33,40)/t17?,18?,21?,22-,24+,27?/m0/s1. The van der Waals surface area contributed by atoms with Crippen molar-refractivity contribution in [1.29, 1.82) is 0 Å². The van der Waals surface area contributed by atoms with E-state index < -0.39 is 34.7 Å². The summed E-state index contributed by atoms with van der Waals surface area (Å²) in [5.74, 6) is -1.53. The van der Waals surface area contributed by atoms with E-state index in [0.29, 0.717) is 23.1 Å². The van der Waals surface area contributed by atoms with E-state index >= 15 is 0 Å². The zero-order chi connectivity index (χ0) is 33.3. The molecule has 0 bridgehead atoms. The minimum Gasteiger partial charge on any atom is -0.381 e. The number of nitrogens with one attached hydrogen (secondary N) is 1. The van der Waals surface area contributed by atoms with Gasteiger partial charge < -0.3 is 35.2 Å². The third-order valence-electron chi connectivity index (χ3n) is 9.07. The SMILES string of the molecule is CO[C@@H]1CC[C@H](N(C)c2cncc(C(=O)N3CC(Nc4c(C(=O)N5CC(C)OC(C)C5)cc(Br)cc4[N+](=O)[O-])CC3C(N)=O)c2)C1. The van der Waals surface area contributed by atoms with Gasteiger partial charge in [-0.25, -0.2) is 0 Å². The van der Waals surface area contributed by atoms with E-state index in [4.69, 9.17) is 15.2 Å². The number of ether oxygens (including phenoxy) is 2. The van der Waals surface area contributed by atoms with Crippen LogP contribution < -0.4 is 16.0 Å². The first-order chi connectivity index (χ1) is 21.9. The number of likely N-dealkylation sites (tertiary alicyclic amines) is 1. The Hall–Kier alpha value is -3.82. The molecule has 1 aromatic heterocycles. The second-order valence-electron chi connectivity index (χ2n) is 12.4. The van der Waals surface area contributed by atoms with Gasteiger partial charge in [-0.05, 0) is 51.7 Å². The highest BCUT2D eigenvalue weighted by molar-refractivity contribution is 9.10. The number of halogens is 1. The quantitative estimate of drug-likeness (QED) is 0.292. The molecule has 3 heterocycles. The summed E-state index contributed by atoms with van der Waals surface area (Å²) in [5, 5.41) is 15.3. The molecule has 2 saturated heterocycles. The van der Waals surface area contributed by atoms with Crippen molar-refractivity contribution in [2.45, 2.75) is 76.0 Å². The van der Waals surface area contributed by atoms with Crippen LogP contribution in [0, 0.1) is 10.1 Å². The van der Waals surface area contributed by atoms with Gasteiger partial charge in [0.05, 0.1) is 46.2 Å².